The van der Waals surface area contributed by atoms with Gasteiger partial charge in [0.15, 0.2) is 0 Å². The van der Waals surface area contributed by atoms with Crippen molar-refractivity contribution < 1.29 is 9.90 Å². The molecule has 1 aliphatic carbocycles. The third kappa shape index (κ3) is 3.37. The molecule has 0 aliphatic heterocycles. The average molecular weight is 247 g/mol. The summed E-state index contributed by atoms with van der Waals surface area (Å²) in [4.78, 5) is 18.7. The summed E-state index contributed by atoms with van der Waals surface area (Å²) >= 11 is 0. The molecule has 1 aromatic rings. The third-order valence-electron chi connectivity index (χ3n) is 3.13. The zero-order valence-corrected chi connectivity index (χ0v) is 10.2. The van der Waals surface area contributed by atoms with Gasteiger partial charge in [-0.2, -0.15) is 0 Å². The van der Waals surface area contributed by atoms with Crippen LogP contribution in [0.25, 0.3) is 0 Å². The Morgan fingerprint density at radius 2 is 2.39 bits per heavy atom. The molecule has 0 spiro atoms. The van der Waals surface area contributed by atoms with Crippen molar-refractivity contribution in [2.75, 3.05) is 6.54 Å². The molecule has 0 saturated heterocycles. The zero-order valence-electron chi connectivity index (χ0n) is 10.2. The molecular formula is C13H17N3O2. The Hall–Kier alpha value is -1.75. The first-order valence-corrected chi connectivity index (χ1v) is 6.15. The fourth-order valence-electron chi connectivity index (χ4n) is 2.11. The molecule has 0 bridgehead atoms. The Bertz CT molecular complexity index is 446. The summed E-state index contributed by atoms with van der Waals surface area (Å²) in [5.41, 5.74) is 0.720. The average Bonchev–Trinajstić information content (AvgIpc) is 2.40. The first-order chi connectivity index (χ1) is 8.77. The van der Waals surface area contributed by atoms with Crippen molar-refractivity contribution in [3.8, 4) is 0 Å². The lowest BCUT2D eigenvalue weighted by molar-refractivity contribution is 0.0694. The summed E-state index contributed by atoms with van der Waals surface area (Å²) in [5.74, 6) is -0.335. The molecule has 1 aliphatic rings. The highest BCUT2D eigenvalue weighted by Crippen LogP contribution is 2.17. The molecule has 1 unspecified atom stereocenters. The summed E-state index contributed by atoms with van der Waals surface area (Å²) in [6.07, 6.45) is 10.6. The topological polar surface area (TPSA) is 75.1 Å². The fourth-order valence-corrected chi connectivity index (χ4v) is 2.11. The van der Waals surface area contributed by atoms with Gasteiger partial charge in [0.05, 0.1) is 5.69 Å². The molecule has 96 valence electrons. The second-order valence-corrected chi connectivity index (χ2v) is 4.47. The van der Waals surface area contributed by atoms with E-state index < -0.39 is 5.97 Å². The highest BCUT2D eigenvalue weighted by atomic mass is 16.4. The minimum Gasteiger partial charge on any atom is -0.478 e. The van der Waals surface area contributed by atoms with E-state index in [1.807, 2.05) is 0 Å². The van der Waals surface area contributed by atoms with E-state index in [4.69, 9.17) is 5.11 Å². The lowest BCUT2D eigenvalue weighted by Crippen LogP contribution is -2.24. The number of hydrogen-bond donors (Lipinski definition) is 2. The third-order valence-corrected chi connectivity index (χ3v) is 3.13. The molecule has 0 fully saturated rings. The first-order valence-electron chi connectivity index (χ1n) is 6.15. The summed E-state index contributed by atoms with van der Waals surface area (Å²) in [7, 11) is 0. The second-order valence-electron chi connectivity index (χ2n) is 4.47. The Morgan fingerprint density at radius 3 is 3.11 bits per heavy atom. The van der Waals surface area contributed by atoms with Crippen LogP contribution in [0.3, 0.4) is 0 Å². The van der Waals surface area contributed by atoms with Crippen molar-refractivity contribution in [3.63, 3.8) is 0 Å². The minimum absolute atomic E-state index is 0.175. The van der Waals surface area contributed by atoms with Gasteiger partial charge in [-0.25, -0.2) is 14.8 Å². The first kappa shape index (κ1) is 12.7. The Kier molecular flexibility index (Phi) is 4.41. The molecule has 2 rings (SSSR count). The maximum atomic E-state index is 11.0. The van der Waals surface area contributed by atoms with Gasteiger partial charge in [0, 0.05) is 12.7 Å². The Balaban J connectivity index is 1.86. The number of allylic oxidation sites excluding steroid dienone is 2. The van der Waals surface area contributed by atoms with Crippen LogP contribution in [0.15, 0.2) is 24.7 Å². The van der Waals surface area contributed by atoms with Crippen LogP contribution >= 0.6 is 0 Å². The molecular weight excluding hydrogens is 230 g/mol. The molecule has 5 nitrogen and oxygen atoms in total. The van der Waals surface area contributed by atoms with E-state index in [0.29, 0.717) is 18.2 Å². The van der Waals surface area contributed by atoms with Crippen molar-refractivity contribution >= 4 is 5.97 Å². The maximum Gasteiger partial charge on any atom is 0.339 e. The van der Waals surface area contributed by atoms with Gasteiger partial charge in [0.2, 0.25) is 0 Å². The number of nitrogens with one attached hydrogen (secondary N) is 1. The van der Waals surface area contributed by atoms with Crippen LogP contribution in [0.4, 0.5) is 0 Å². The molecule has 0 saturated carbocycles. The number of nitrogens with zero attached hydrogens (tertiary/aromatic N) is 2. The molecule has 0 radical (unpaired) electrons. The summed E-state index contributed by atoms with van der Waals surface area (Å²) in [5, 5.41) is 12.3. The maximum absolute atomic E-state index is 11.0. The van der Waals surface area contributed by atoms with Crippen LogP contribution in [0.5, 0.6) is 0 Å². The second kappa shape index (κ2) is 6.26. The van der Waals surface area contributed by atoms with Crippen LogP contribution in [0, 0.1) is 5.92 Å². The number of carboxylic acids is 1. The van der Waals surface area contributed by atoms with Gasteiger partial charge in [-0.3, -0.25) is 0 Å². The van der Waals surface area contributed by atoms with Gasteiger partial charge in [-0.1, -0.05) is 12.2 Å². The molecule has 0 amide bonds. The zero-order chi connectivity index (χ0) is 12.8. The standard InChI is InChI=1S/C13H17N3O2/c17-13(18)11-7-15-9-16-12(11)8-14-6-10-4-2-1-3-5-10/h1-2,7,9-10,14H,3-6,8H2,(H,17,18). The van der Waals surface area contributed by atoms with Crippen molar-refractivity contribution in [2.24, 2.45) is 5.92 Å². The molecule has 1 heterocycles. The van der Waals surface area contributed by atoms with Crippen molar-refractivity contribution in [3.05, 3.63) is 35.9 Å². The van der Waals surface area contributed by atoms with E-state index >= 15 is 0 Å². The molecule has 5 heteroatoms. The van der Waals surface area contributed by atoms with Crippen LogP contribution in [-0.2, 0) is 6.54 Å². The number of carbonyl (C=O) groups is 1. The van der Waals surface area contributed by atoms with E-state index in [-0.39, 0.29) is 5.56 Å². The number of aromatic carboxylic acids is 1. The number of aromatic nitrogens is 2. The lowest BCUT2D eigenvalue weighted by atomic mass is 9.94. The van der Waals surface area contributed by atoms with Crippen LogP contribution in [0.1, 0.15) is 35.3 Å². The van der Waals surface area contributed by atoms with Crippen LogP contribution in [0.2, 0.25) is 0 Å². The van der Waals surface area contributed by atoms with Gasteiger partial charge in [-0.05, 0) is 31.7 Å². The van der Waals surface area contributed by atoms with Crippen molar-refractivity contribution in [1.29, 1.82) is 0 Å². The molecule has 1 atom stereocenters. The predicted molar refractivity (Wildman–Crippen MR) is 67.2 cm³/mol. The lowest BCUT2D eigenvalue weighted by Gasteiger charge is -2.18. The van der Waals surface area contributed by atoms with Crippen molar-refractivity contribution in [2.45, 2.75) is 25.8 Å². The minimum atomic E-state index is -0.979. The fraction of sp³-hybridized carbons (Fsp3) is 0.462. The highest BCUT2D eigenvalue weighted by molar-refractivity contribution is 5.88. The van der Waals surface area contributed by atoms with Gasteiger partial charge < -0.3 is 10.4 Å². The van der Waals surface area contributed by atoms with E-state index in [1.165, 1.54) is 18.9 Å². The number of rotatable bonds is 5. The van der Waals surface area contributed by atoms with E-state index in [1.54, 1.807) is 0 Å². The highest BCUT2D eigenvalue weighted by Gasteiger charge is 2.13. The predicted octanol–water partition coefficient (Wildman–Crippen LogP) is 1.62. The summed E-state index contributed by atoms with van der Waals surface area (Å²) in [6.45, 7) is 1.37. The van der Waals surface area contributed by atoms with Crippen molar-refractivity contribution in [1.82, 2.24) is 15.3 Å². The summed E-state index contributed by atoms with van der Waals surface area (Å²) < 4.78 is 0. The molecule has 0 aromatic carbocycles. The van der Waals surface area contributed by atoms with Gasteiger partial charge >= 0.3 is 5.97 Å². The molecule has 18 heavy (non-hydrogen) atoms. The van der Waals surface area contributed by atoms with Gasteiger partial charge in [-0.15, -0.1) is 0 Å². The van der Waals surface area contributed by atoms with E-state index in [2.05, 4.69) is 27.4 Å². The van der Waals surface area contributed by atoms with E-state index in [0.717, 1.165) is 19.4 Å². The van der Waals surface area contributed by atoms with E-state index in [9.17, 15) is 4.79 Å². The number of hydrogen-bond acceptors (Lipinski definition) is 4. The quantitative estimate of drug-likeness (QED) is 0.773. The van der Waals surface area contributed by atoms with Crippen LogP contribution < -0.4 is 5.32 Å². The Labute approximate surface area is 106 Å². The largest absolute Gasteiger partial charge is 0.478 e. The van der Waals surface area contributed by atoms with Gasteiger partial charge in [0.25, 0.3) is 0 Å². The molecule has 2 N–H and O–H groups in total. The monoisotopic (exact) mass is 247 g/mol. The van der Waals surface area contributed by atoms with Crippen LogP contribution in [-0.4, -0.2) is 27.6 Å². The SMILES string of the molecule is O=C(O)c1cncnc1CNCC1CC=CCC1. The van der Waals surface area contributed by atoms with Gasteiger partial charge in [0.1, 0.15) is 11.9 Å². The summed E-state index contributed by atoms with van der Waals surface area (Å²) in [6, 6.07) is 0. The number of carboxylic acid groups (broad SMARTS) is 1. The molecule has 1 aromatic heterocycles. The smallest absolute Gasteiger partial charge is 0.339 e. The normalized spacial score (nSPS) is 18.8. The Morgan fingerprint density at radius 1 is 1.50 bits per heavy atom.